The molecule has 1 saturated carbocycles. The lowest BCUT2D eigenvalue weighted by Gasteiger charge is -2.26. The van der Waals surface area contributed by atoms with Crippen molar-refractivity contribution in [3.8, 4) is 0 Å². The zero-order chi connectivity index (χ0) is 11.4. The van der Waals surface area contributed by atoms with Crippen LogP contribution in [0.2, 0.25) is 0 Å². The summed E-state index contributed by atoms with van der Waals surface area (Å²) in [6, 6.07) is 3.61. The summed E-state index contributed by atoms with van der Waals surface area (Å²) in [5.74, 6) is 1.37. The highest BCUT2D eigenvalue weighted by atomic mass is 16.3. The van der Waals surface area contributed by atoms with E-state index in [0.29, 0.717) is 5.92 Å². The summed E-state index contributed by atoms with van der Waals surface area (Å²) < 4.78 is 0. The van der Waals surface area contributed by atoms with Gasteiger partial charge in [-0.25, -0.2) is 4.98 Å². The number of pyridine rings is 1. The molecule has 1 heterocycles. The largest absolute Gasteiger partial charge is 0.399 e. The number of hydrogen-bond donors (Lipinski definition) is 3. The van der Waals surface area contributed by atoms with Gasteiger partial charge in [0.15, 0.2) is 0 Å². The number of nitrogens with two attached hydrogens (primary N) is 1. The van der Waals surface area contributed by atoms with E-state index < -0.39 is 0 Å². The van der Waals surface area contributed by atoms with Crippen LogP contribution in [0.5, 0.6) is 0 Å². The van der Waals surface area contributed by atoms with E-state index in [-0.39, 0.29) is 6.10 Å². The Morgan fingerprint density at radius 3 is 3.12 bits per heavy atom. The van der Waals surface area contributed by atoms with Crippen molar-refractivity contribution in [2.45, 2.75) is 31.8 Å². The van der Waals surface area contributed by atoms with Gasteiger partial charge in [-0.15, -0.1) is 0 Å². The van der Waals surface area contributed by atoms with Crippen LogP contribution in [0.15, 0.2) is 18.3 Å². The van der Waals surface area contributed by atoms with Gasteiger partial charge in [0.2, 0.25) is 0 Å². The molecule has 16 heavy (non-hydrogen) atoms. The van der Waals surface area contributed by atoms with Crippen LogP contribution < -0.4 is 11.1 Å². The maximum absolute atomic E-state index is 9.56. The molecule has 0 amide bonds. The Bertz CT molecular complexity index is 343. The summed E-state index contributed by atoms with van der Waals surface area (Å²) >= 11 is 0. The third kappa shape index (κ3) is 3.10. The van der Waals surface area contributed by atoms with Gasteiger partial charge in [0, 0.05) is 24.5 Å². The van der Waals surface area contributed by atoms with Crippen molar-refractivity contribution in [3.05, 3.63) is 18.3 Å². The van der Waals surface area contributed by atoms with Gasteiger partial charge in [0.1, 0.15) is 5.82 Å². The van der Waals surface area contributed by atoms with Gasteiger partial charge in [0.25, 0.3) is 0 Å². The van der Waals surface area contributed by atoms with Gasteiger partial charge >= 0.3 is 0 Å². The molecule has 2 unspecified atom stereocenters. The Balaban J connectivity index is 1.82. The maximum Gasteiger partial charge on any atom is 0.127 e. The van der Waals surface area contributed by atoms with Crippen LogP contribution in [0.25, 0.3) is 0 Å². The van der Waals surface area contributed by atoms with E-state index in [1.54, 1.807) is 12.3 Å². The fraction of sp³-hybridized carbons (Fsp3) is 0.583. The van der Waals surface area contributed by atoms with Gasteiger partial charge in [0.05, 0.1) is 6.10 Å². The second kappa shape index (κ2) is 5.16. The lowest BCUT2D eigenvalue weighted by molar-refractivity contribution is 0.104. The molecule has 4 nitrogen and oxygen atoms in total. The monoisotopic (exact) mass is 221 g/mol. The van der Waals surface area contributed by atoms with Gasteiger partial charge in [-0.2, -0.15) is 0 Å². The van der Waals surface area contributed by atoms with Crippen molar-refractivity contribution in [2.75, 3.05) is 17.6 Å². The molecule has 0 radical (unpaired) electrons. The third-order valence-corrected chi connectivity index (χ3v) is 3.11. The highest BCUT2D eigenvalue weighted by Crippen LogP contribution is 2.24. The second-order valence-corrected chi connectivity index (χ2v) is 4.54. The first kappa shape index (κ1) is 11.2. The molecule has 0 aliphatic heterocycles. The average Bonchev–Trinajstić information content (AvgIpc) is 2.27. The Kier molecular flexibility index (Phi) is 3.62. The van der Waals surface area contributed by atoms with Crippen LogP contribution in [-0.4, -0.2) is 22.7 Å². The van der Waals surface area contributed by atoms with Gasteiger partial charge in [-0.1, -0.05) is 6.42 Å². The summed E-state index contributed by atoms with van der Waals surface area (Å²) in [7, 11) is 0. The second-order valence-electron chi connectivity index (χ2n) is 4.54. The van der Waals surface area contributed by atoms with Gasteiger partial charge in [-0.3, -0.25) is 0 Å². The molecule has 1 aliphatic rings. The van der Waals surface area contributed by atoms with Crippen molar-refractivity contribution in [1.82, 2.24) is 4.98 Å². The van der Waals surface area contributed by atoms with Crippen molar-refractivity contribution in [2.24, 2.45) is 5.92 Å². The van der Waals surface area contributed by atoms with Crippen LogP contribution in [0.4, 0.5) is 11.5 Å². The fourth-order valence-electron chi connectivity index (χ4n) is 2.24. The minimum absolute atomic E-state index is 0.116. The van der Waals surface area contributed by atoms with E-state index in [4.69, 9.17) is 5.73 Å². The van der Waals surface area contributed by atoms with E-state index in [1.165, 1.54) is 6.42 Å². The summed E-state index contributed by atoms with van der Waals surface area (Å²) in [5, 5.41) is 12.8. The molecular weight excluding hydrogens is 202 g/mol. The van der Waals surface area contributed by atoms with E-state index in [9.17, 15) is 5.11 Å². The van der Waals surface area contributed by atoms with Crippen LogP contribution in [0.3, 0.4) is 0 Å². The topological polar surface area (TPSA) is 71.2 Å². The molecule has 0 saturated heterocycles. The SMILES string of the molecule is Nc1ccnc(NCC2CCCC(O)C2)c1. The maximum atomic E-state index is 9.56. The molecule has 1 aliphatic carbocycles. The number of aromatic nitrogens is 1. The number of aliphatic hydroxyl groups excluding tert-OH is 1. The quantitative estimate of drug-likeness (QED) is 0.725. The molecular formula is C12H19N3O. The standard InChI is InChI=1S/C12H19N3O/c13-10-4-5-14-12(7-10)15-8-9-2-1-3-11(16)6-9/h4-5,7,9,11,16H,1-3,6,8H2,(H3,13,14,15). The Morgan fingerprint density at radius 1 is 1.50 bits per heavy atom. The lowest BCUT2D eigenvalue weighted by Crippen LogP contribution is -2.25. The first-order chi connectivity index (χ1) is 7.74. The molecule has 0 bridgehead atoms. The molecule has 0 spiro atoms. The van der Waals surface area contributed by atoms with Crippen molar-refractivity contribution in [3.63, 3.8) is 0 Å². The zero-order valence-corrected chi connectivity index (χ0v) is 9.39. The molecule has 1 aromatic heterocycles. The zero-order valence-electron chi connectivity index (χ0n) is 9.39. The summed E-state index contributed by atoms with van der Waals surface area (Å²) in [6.45, 7) is 0.869. The Morgan fingerprint density at radius 2 is 2.38 bits per heavy atom. The molecule has 4 N–H and O–H groups in total. The van der Waals surface area contributed by atoms with Crippen LogP contribution in [-0.2, 0) is 0 Å². The molecule has 2 atom stereocenters. The number of nitrogen functional groups attached to an aromatic ring is 1. The molecule has 2 rings (SSSR count). The van der Waals surface area contributed by atoms with E-state index in [0.717, 1.165) is 37.3 Å². The summed E-state index contributed by atoms with van der Waals surface area (Å²) in [4.78, 5) is 4.19. The van der Waals surface area contributed by atoms with E-state index >= 15 is 0 Å². The van der Waals surface area contributed by atoms with E-state index in [2.05, 4.69) is 10.3 Å². The normalized spacial score (nSPS) is 25.3. The van der Waals surface area contributed by atoms with Gasteiger partial charge in [-0.05, 0) is 31.2 Å². The highest BCUT2D eigenvalue weighted by Gasteiger charge is 2.19. The van der Waals surface area contributed by atoms with E-state index in [1.807, 2.05) is 6.07 Å². The Hall–Kier alpha value is -1.29. The molecule has 1 aromatic rings. The number of anilines is 2. The molecule has 1 fully saturated rings. The van der Waals surface area contributed by atoms with Crippen molar-refractivity contribution >= 4 is 11.5 Å². The minimum atomic E-state index is -0.116. The van der Waals surface area contributed by atoms with Crippen molar-refractivity contribution in [1.29, 1.82) is 0 Å². The van der Waals surface area contributed by atoms with Gasteiger partial charge < -0.3 is 16.2 Å². The number of aliphatic hydroxyl groups is 1. The first-order valence-electron chi connectivity index (χ1n) is 5.87. The smallest absolute Gasteiger partial charge is 0.127 e. The summed E-state index contributed by atoms with van der Waals surface area (Å²) in [6.07, 6.45) is 5.74. The number of nitrogens with zero attached hydrogens (tertiary/aromatic N) is 1. The van der Waals surface area contributed by atoms with Crippen LogP contribution >= 0.6 is 0 Å². The molecule has 4 heteroatoms. The fourth-order valence-corrected chi connectivity index (χ4v) is 2.24. The number of rotatable bonds is 3. The van der Waals surface area contributed by atoms with Crippen molar-refractivity contribution < 1.29 is 5.11 Å². The minimum Gasteiger partial charge on any atom is -0.399 e. The third-order valence-electron chi connectivity index (χ3n) is 3.11. The van der Waals surface area contributed by atoms with Crippen LogP contribution in [0.1, 0.15) is 25.7 Å². The lowest BCUT2D eigenvalue weighted by atomic mass is 9.87. The first-order valence-corrected chi connectivity index (χ1v) is 5.87. The molecule has 88 valence electrons. The number of nitrogens with one attached hydrogen (secondary N) is 1. The predicted molar refractivity (Wildman–Crippen MR) is 65.1 cm³/mol. The average molecular weight is 221 g/mol. The number of hydrogen-bond acceptors (Lipinski definition) is 4. The highest BCUT2D eigenvalue weighted by molar-refractivity contribution is 5.48. The molecule has 0 aromatic carbocycles. The predicted octanol–water partition coefficient (Wildman–Crippen LogP) is 1.63. The Labute approximate surface area is 95.9 Å². The van der Waals surface area contributed by atoms with Crippen LogP contribution in [0, 0.1) is 5.92 Å². The summed E-state index contributed by atoms with van der Waals surface area (Å²) in [5.41, 5.74) is 6.39.